The number of carbonyl (C=O) groups excluding carboxylic acids is 1. The lowest BCUT2D eigenvalue weighted by molar-refractivity contribution is -0.152. The summed E-state index contributed by atoms with van der Waals surface area (Å²) in [6, 6.07) is 3.35. The quantitative estimate of drug-likeness (QED) is 0.765. The monoisotopic (exact) mass is 366 g/mol. The maximum Gasteiger partial charge on any atom is 0.313 e. The largest absolute Gasteiger partial charge is 0.469 e. The van der Waals surface area contributed by atoms with E-state index in [-0.39, 0.29) is 16.9 Å². The van der Waals surface area contributed by atoms with E-state index in [1.807, 2.05) is 0 Å². The third-order valence-electron chi connectivity index (χ3n) is 5.63. The lowest BCUT2D eigenvalue weighted by Crippen LogP contribution is -2.37. The summed E-state index contributed by atoms with van der Waals surface area (Å²) >= 11 is 0. The summed E-state index contributed by atoms with van der Waals surface area (Å²) in [5.74, 6) is 0.162. The number of ether oxygens (including phenoxy) is 1. The van der Waals surface area contributed by atoms with Gasteiger partial charge in [0.05, 0.1) is 29.2 Å². The molecule has 0 spiro atoms. The Balaban J connectivity index is 1.84. The van der Waals surface area contributed by atoms with E-state index in [2.05, 4.69) is 9.88 Å². The molecule has 25 heavy (non-hydrogen) atoms. The van der Waals surface area contributed by atoms with Crippen molar-refractivity contribution in [3.05, 3.63) is 18.3 Å². The van der Waals surface area contributed by atoms with Crippen molar-refractivity contribution in [3.63, 3.8) is 0 Å². The fraction of sp³-hybridized carbons (Fsp3) is 0.667. The standard InChI is InChI=1S/C18H26N2O4S/c1-17(2,3)25(22,23)15-8-7-14(10-19-15)20-11-13-6-5-9-18(13,12-20)16(21)24-4/h7-8,10,13H,5-6,9,11-12H2,1-4H3. The lowest BCUT2D eigenvalue weighted by atomic mass is 9.81. The highest BCUT2D eigenvalue weighted by Gasteiger charge is 2.55. The first-order valence-corrected chi connectivity index (χ1v) is 10.1. The smallest absolute Gasteiger partial charge is 0.313 e. The Hall–Kier alpha value is -1.63. The molecule has 3 rings (SSSR count). The molecule has 0 amide bonds. The average molecular weight is 366 g/mol. The SMILES string of the molecule is COC(=O)C12CCCC1CN(c1ccc(S(=O)(=O)C(C)(C)C)nc1)C2. The number of hydrogen-bond donors (Lipinski definition) is 0. The third kappa shape index (κ3) is 2.82. The molecule has 0 radical (unpaired) electrons. The minimum absolute atomic E-state index is 0.0887. The topological polar surface area (TPSA) is 76.6 Å². The Kier molecular flexibility index (Phi) is 4.34. The Morgan fingerprint density at radius 2 is 2.08 bits per heavy atom. The minimum Gasteiger partial charge on any atom is -0.469 e. The summed E-state index contributed by atoms with van der Waals surface area (Å²) in [7, 11) is -2.02. The lowest BCUT2D eigenvalue weighted by Gasteiger charge is -2.26. The average Bonchev–Trinajstić information content (AvgIpc) is 3.11. The zero-order chi connectivity index (χ0) is 18.5. The number of nitrogens with zero attached hydrogens (tertiary/aromatic N) is 2. The van der Waals surface area contributed by atoms with Crippen molar-refractivity contribution in [3.8, 4) is 0 Å². The van der Waals surface area contributed by atoms with Crippen LogP contribution < -0.4 is 4.90 Å². The Labute approximate surface area is 149 Å². The summed E-state index contributed by atoms with van der Waals surface area (Å²) in [6.07, 6.45) is 4.53. The first-order chi connectivity index (χ1) is 11.6. The zero-order valence-corrected chi connectivity index (χ0v) is 16.1. The number of hydrogen-bond acceptors (Lipinski definition) is 6. The van der Waals surface area contributed by atoms with Gasteiger partial charge in [-0.2, -0.15) is 0 Å². The van der Waals surface area contributed by atoms with Gasteiger partial charge in [-0.3, -0.25) is 4.79 Å². The molecule has 2 fully saturated rings. The van der Waals surface area contributed by atoms with Crippen LogP contribution in [-0.4, -0.2) is 44.3 Å². The molecule has 2 atom stereocenters. The van der Waals surface area contributed by atoms with Gasteiger partial charge in [0.2, 0.25) is 0 Å². The van der Waals surface area contributed by atoms with Gasteiger partial charge in [-0.15, -0.1) is 0 Å². The fourth-order valence-electron chi connectivity index (χ4n) is 4.06. The van der Waals surface area contributed by atoms with Crippen LogP contribution in [0.15, 0.2) is 23.4 Å². The number of carbonyl (C=O) groups is 1. The number of rotatable bonds is 3. The number of anilines is 1. The second-order valence-electron chi connectivity index (χ2n) is 8.09. The molecule has 2 heterocycles. The van der Waals surface area contributed by atoms with Crippen LogP contribution in [0.25, 0.3) is 0 Å². The highest BCUT2D eigenvalue weighted by molar-refractivity contribution is 7.92. The highest BCUT2D eigenvalue weighted by atomic mass is 32.2. The van der Waals surface area contributed by atoms with Crippen LogP contribution in [0.5, 0.6) is 0 Å². The van der Waals surface area contributed by atoms with Crippen molar-refractivity contribution in [1.82, 2.24) is 4.98 Å². The zero-order valence-electron chi connectivity index (χ0n) is 15.3. The number of pyridine rings is 1. The van der Waals surface area contributed by atoms with Crippen LogP contribution >= 0.6 is 0 Å². The van der Waals surface area contributed by atoms with Gasteiger partial charge in [-0.05, 0) is 51.7 Å². The van der Waals surface area contributed by atoms with Gasteiger partial charge in [-0.25, -0.2) is 13.4 Å². The van der Waals surface area contributed by atoms with E-state index in [1.165, 1.54) is 7.11 Å². The van der Waals surface area contributed by atoms with Gasteiger partial charge in [0.25, 0.3) is 0 Å². The van der Waals surface area contributed by atoms with E-state index in [4.69, 9.17) is 4.74 Å². The van der Waals surface area contributed by atoms with Crippen molar-refractivity contribution in [2.24, 2.45) is 11.3 Å². The van der Waals surface area contributed by atoms with Crippen LogP contribution in [0.1, 0.15) is 40.0 Å². The van der Waals surface area contributed by atoms with Crippen LogP contribution in [0.4, 0.5) is 5.69 Å². The summed E-state index contributed by atoms with van der Waals surface area (Å²) in [5.41, 5.74) is 0.427. The molecule has 2 unspecified atom stereocenters. The molecule has 1 saturated heterocycles. The third-order valence-corrected chi connectivity index (χ3v) is 8.03. The van der Waals surface area contributed by atoms with Gasteiger partial charge in [-0.1, -0.05) is 6.42 Å². The predicted octanol–water partition coefficient (Wildman–Crippen LogP) is 2.43. The van der Waals surface area contributed by atoms with Gasteiger partial charge >= 0.3 is 5.97 Å². The van der Waals surface area contributed by atoms with E-state index in [1.54, 1.807) is 39.1 Å². The number of methoxy groups -OCH3 is 1. The molecule has 138 valence electrons. The van der Waals surface area contributed by atoms with Crippen molar-refractivity contribution < 1.29 is 17.9 Å². The van der Waals surface area contributed by atoms with Crippen molar-refractivity contribution in [1.29, 1.82) is 0 Å². The maximum absolute atomic E-state index is 12.5. The van der Waals surface area contributed by atoms with E-state index >= 15 is 0 Å². The number of esters is 1. The van der Waals surface area contributed by atoms with Crippen molar-refractivity contribution in [2.45, 2.75) is 49.8 Å². The van der Waals surface area contributed by atoms with E-state index in [0.717, 1.165) is 31.5 Å². The Morgan fingerprint density at radius 1 is 1.36 bits per heavy atom. The molecule has 1 aromatic heterocycles. The summed E-state index contributed by atoms with van der Waals surface area (Å²) in [5, 5.41) is 0.0887. The van der Waals surface area contributed by atoms with Crippen LogP contribution in [0, 0.1) is 11.3 Å². The molecule has 0 bridgehead atoms. The molecule has 1 saturated carbocycles. The molecular weight excluding hydrogens is 340 g/mol. The Morgan fingerprint density at radius 3 is 2.64 bits per heavy atom. The van der Waals surface area contributed by atoms with Crippen LogP contribution in [-0.2, 0) is 19.4 Å². The second kappa shape index (κ2) is 5.97. The molecule has 1 aliphatic carbocycles. The number of aromatic nitrogens is 1. The predicted molar refractivity (Wildman–Crippen MR) is 95.2 cm³/mol. The molecule has 1 aromatic rings. The first-order valence-electron chi connectivity index (χ1n) is 8.66. The normalized spacial score (nSPS) is 26.6. The van der Waals surface area contributed by atoms with Crippen LogP contribution in [0.3, 0.4) is 0 Å². The number of sulfone groups is 1. The van der Waals surface area contributed by atoms with Crippen molar-refractivity contribution >= 4 is 21.5 Å². The molecule has 6 nitrogen and oxygen atoms in total. The molecule has 0 N–H and O–H groups in total. The maximum atomic E-state index is 12.5. The fourth-order valence-corrected chi connectivity index (χ4v) is 5.12. The van der Waals surface area contributed by atoms with Crippen molar-refractivity contribution in [2.75, 3.05) is 25.1 Å². The second-order valence-corrected chi connectivity index (χ2v) is 10.7. The van der Waals surface area contributed by atoms with E-state index in [0.29, 0.717) is 6.54 Å². The highest BCUT2D eigenvalue weighted by Crippen LogP contribution is 2.50. The molecule has 2 aliphatic rings. The van der Waals surface area contributed by atoms with Gasteiger partial charge < -0.3 is 9.64 Å². The minimum atomic E-state index is -3.46. The molecule has 7 heteroatoms. The Bertz CT molecular complexity index is 767. The summed E-state index contributed by atoms with van der Waals surface area (Å²) < 4.78 is 29.2. The van der Waals surface area contributed by atoms with E-state index < -0.39 is 20.0 Å². The number of fused-ring (bicyclic) bond motifs is 1. The van der Waals surface area contributed by atoms with Gasteiger partial charge in [0, 0.05) is 13.1 Å². The first kappa shape index (κ1) is 18.2. The summed E-state index contributed by atoms with van der Waals surface area (Å²) in [6.45, 7) is 6.39. The molecule has 1 aliphatic heterocycles. The molecule has 0 aromatic carbocycles. The summed E-state index contributed by atoms with van der Waals surface area (Å²) in [4.78, 5) is 18.7. The van der Waals surface area contributed by atoms with E-state index in [9.17, 15) is 13.2 Å². The van der Waals surface area contributed by atoms with Gasteiger partial charge in [0.15, 0.2) is 14.9 Å². The van der Waals surface area contributed by atoms with Gasteiger partial charge in [0.1, 0.15) is 0 Å². The van der Waals surface area contributed by atoms with Crippen LogP contribution in [0.2, 0.25) is 0 Å². The molecular formula is C18H26N2O4S.